The van der Waals surface area contributed by atoms with Crippen molar-refractivity contribution >= 4 is 69.5 Å². The van der Waals surface area contributed by atoms with Crippen molar-refractivity contribution in [2.45, 2.75) is 89.8 Å². The number of phenolic OH excluding ortho intramolecular Hbond substituents is 1. The number of thiazole rings is 1. The molecule has 0 spiro atoms. The van der Waals surface area contributed by atoms with Crippen molar-refractivity contribution in [1.82, 2.24) is 20.9 Å². The number of carbonyl (C=O) groups is 9. The molecule has 0 bridgehead atoms. The summed E-state index contributed by atoms with van der Waals surface area (Å²) in [5, 5.41) is 20.3. The molecule has 0 aliphatic heterocycles. The Hall–Kier alpha value is -5.32. The number of Topliss-reactive ketones (excluding diaryl/α,β-unsaturated/α-hetero) is 4. The van der Waals surface area contributed by atoms with Gasteiger partial charge < -0.3 is 32.1 Å². The lowest BCUT2D eigenvalue weighted by molar-refractivity contribution is -0.131. The van der Waals surface area contributed by atoms with E-state index in [0.717, 1.165) is 11.3 Å². The summed E-state index contributed by atoms with van der Waals surface area (Å²) in [6, 6.07) is 3.05. The third-order valence-corrected chi connectivity index (χ3v) is 8.22. The van der Waals surface area contributed by atoms with Crippen LogP contribution in [0.15, 0.2) is 30.5 Å². The summed E-state index contributed by atoms with van der Waals surface area (Å²) in [6.45, 7) is 2.80. The van der Waals surface area contributed by atoms with Crippen LogP contribution in [-0.4, -0.2) is 87.8 Å². The molecule has 7 N–H and O–H groups in total. The van der Waals surface area contributed by atoms with E-state index < -0.39 is 59.1 Å². The number of aromatic hydroxyl groups is 1. The number of aldehydes is 1. The van der Waals surface area contributed by atoms with Gasteiger partial charge in [-0.2, -0.15) is 0 Å². The van der Waals surface area contributed by atoms with Crippen molar-refractivity contribution in [3.63, 3.8) is 0 Å². The largest absolute Gasteiger partial charge is 0.508 e. The molecule has 0 fully saturated rings. The van der Waals surface area contributed by atoms with Gasteiger partial charge in [0.15, 0.2) is 34.6 Å². The summed E-state index contributed by atoms with van der Waals surface area (Å²) < 4.78 is 0. The van der Waals surface area contributed by atoms with E-state index in [2.05, 4.69) is 26.3 Å². The molecule has 3 atom stereocenters. The van der Waals surface area contributed by atoms with Gasteiger partial charge in [0.25, 0.3) is 0 Å². The molecule has 16 nitrogen and oxygen atoms in total. The maximum atomic E-state index is 13.1. The topological polar surface area (TPSA) is 261 Å². The van der Waals surface area contributed by atoms with E-state index >= 15 is 0 Å². The standard InChI is InChI=1S/C33H42N6O10S/c1-19(26(43)8-11-29(34)46)38-31(48)14-10-28(45)25(15-21-3-5-22(41)6-4-21)39-32(49)13-9-27(44)20(2)37-30(47)12-7-23(42)16-35-33-36-17-24(18-40)50-33/h3-6,17-20,25,41H,7-16H2,1-2H3,(H2,34,46)(H,35,36)(H,37,47)(H,38,48)(H,39,49)/t19-,20-,25-/m0/s1. The van der Waals surface area contributed by atoms with Gasteiger partial charge in [0.2, 0.25) is 23.6 Å². The zero-order valence-electron chi connectivity index (χ0n) is 27.8. The highest BCUT2D eigenvalue weighted by Crippen LogP contribution is 2.16. The second-order valence-corrected chi connectivity index (χ2v) is 12.6. The molecule has 17 heteroatoms. The number of carbonyl (C=O) groups excluding carboxylic acids is 9. The van der Waals surface area contributed by atoms with E-state index in [1.165, 1.54) is 32.2 Å². The summed E-state index contributed by atoms with van der Waals surface area (Å²) in [6.07, 6.45) is 0.387. The second-order valence-electron chi connectivity index (χ2n) is 11.5. The number of nitrogens with zero attached hydrogens (tertiary/aromatic N) is 1. The third-order valence-electron chi connectivity index (χ3n) is 7.34. The number of benzene rings is 1. The molecule has 50 heavy (non-hydrogen) atoms. The number of nitrogens with one attached hydrogen (secondary N) is 4. The highest BCUT2D eigenvalue weighted by atomic mass is 32.1. The first-order valence-electron chi connectivity index (χ1n) is 15.9. The number of hydrogen-bond acceptors (Lipinski definition) is 13. The molecule has 0 saturated heterocycles. The molecule has 2 rings (SSSR count). The molecule has 4 amide bonds. The molecule has 0 unspecified atom stereocenters. The van der Waals surface area contributed by atoms with E-state index in [0.29, 0.717) is 21.9 Å². The zero-order chi connectivity index (χ0) is 37.2. The Labute approximate surface area is 292 Å². The van der Waals surface area contributed by atoms with Crippen LogP contribution in [-0.2, 0) is 44.8 Å². The summed E-state index contributed by atoms with van der Waals surface area (Å²) in [4.78, 5) is 114. The fraction of sp³-hybridized carbons (Fsp3) is 0.455. The van der Waals surface area contributed by atoms with Gasteiger partial charge >= 0.3 is 0 Å². The first-order chi connectivity index (χ1) is 23.7. The first-order valence-corrected chi connectivity index (χ1v) is 16.7. The van der Waals surface area contributed by atoms with Crippen molar-refractivity contribution < 1.29 is 48.3 Å². The number of rotatable bonds is 24. The van der Waals surface area contributed by atoms with Crippen molar-refractivity contribution in [3.05, 3.63) is 40.9 Å². The van der Waals surface area contributed by atoms with Crippen LogP contribution in [0.25, 0.3) is 0 Å². The molecular weight excluding hydrogens is 672 g/mol. The number of ketones is 4. The fourth-order valence-electron chi connectivity index (χ4n) is 4.43. The van der Waals surface area contributed by atoms with Crippen LogP contribution in [0.3, 0.4) is 0 Å². The van der Waals surface area contributed by atoms with E-state index in [1.807, 2.05) is 0 Å². The van der Waals surface area contributed by atoms with Crippen molar-refractivity contribution in [3.8, 4) is 5.75 Å². The van der Waals surface area contributed by atoms with Gasteiger partial charge in [0, 0.05) is 51.4 Å². The Morgan fingerprint density at radius 2 is 1.28 bits per heavy atom. The van der Waals surface area contributed by atoms with E-state index in [9.17, 15) is 48.3 Å². The Bertz CT molecular complexity index is 1560. The number of hydrogen-bond donors (Lipinski definition) is 6. The lowest BCUT2D eigenvalue weighted by Crippen LogP contribution is -2.44. The molecule has 0 radical (unpaired) electrons. The SMILES string of the molecule is C[C@H](NC(=O)CCC(=O)[C@H](Cc1ccc(O)cc1)NC(=O)CCC(=O)[C@H](C)NC(=O)CCC(=O)CNc1ncc(C=O)s1)C(=O)CCC(N)=O. The highest BCUT2D eigenvalue weighted by molar-refractivity contribution is 7.17. The number of anilines is 1. The van der Waals surface area contributed by atoms with Crippen LogP contribution in [0.1, 0.15) is 80.4 Å². The van der Waals surface area contributed by atoms with E-state index in [4.69, 9.17) is 5.73 Å². The summed E-state index contributed by atoms with van der Waals surface area (Å²) in [5.41, 5.74) is 5.65. The number of amides is 4. The lowest BCUT2D eigenvalue weighted by Gasteiger charge is -2.19. The number of primary amides is 1. The van der Waals surface area contributed by atoms with E-state index in [1.54, 1.807) is 12.1 Å². The van der Waals surface area contributed by atoms with Gasteiger partial charge in [-0.1, -0.05) is 23.5 Å². The third kappa shape index (κ3) is 15.7. The summed E-state index contributed by atoms with van der Waals surface area (Å²) in [7, 11) is 0. The molecule has 0 saturated carbocycles. The van der Waals surface area contributed by atoms with Gasteiger partial charge in [-0.15, -0.1) is 0 Å². The van der Waals surface area contributed by atoms with Crippen LogP contribution in [0.4, 0.5) is 5.13 Å². The second kappa shape index (κ2) is 20.9. The summed E-state index contributed by atoms with van der Waals surface area (Å²) in [5.74, 6) is -3.99. The Morgan fingerprint density at radius 3 is 1.82 bits per heavy atom. The zero-order valence-corrected chi connectivity index (χ0v) is 28.6. The minimum atomic E-state index is -1.07. The molecule has 0 aliphatic carbocycles. The molecule has 0 aliphatic rings. The van der Waals surface area contributed by atoms with Crippen LogP contribution in [0, 0.1) is 0 Å². The Kier molecular flexibility index (Phi) is 17.1. The molecule has 1 aromatic carbocycles. The smallest absolute Gasteiger partial charge is 0.221 e. The Balaban J connectivity index is 1.84. The van der Waals surface area contributed by atoms with Crippen molar-refractivity contribution in [1.29, 1.82) is 0 Å². The molecular formula is C33H42N6O10S. The maximum Gasteiger partial charge on any atom is 0.221 e. The highest BCUT2D eigenvalue weighted by Gasteiger charge is 2.24. The average Bonchev–Trinajstić information content (AvgIpc) is 3.55. The van der Waals surface area contributed by atoms with E-state index in [-0.39, 0.29) is 75.9 Å². The minimum Gasteiger partial charge on any atom is -0.508 e. The molecule has 1 aromatic heterocycles. The average molecular weight is 715 g/mol. The monoisotopic (exact) mass is 714 g/mol. The predicted octanol–water partition coefficient (Wildman–Crippen LogP) is 0.693. The minimum absolute atomic E-state index is 0.00178. The quantitative estimate of drug-likeness (QED) is 0.0821. The Morgan fingerprint density at radius 1 is 0.760 bits per heavy atom. The number of phenols is 1. The van der Waals surface area contributed by atoms with Gasteiger partial charge in [0.05, 0.1) is 35.7 Å². The normalized spacial score (nSPS) is 12.4. The maximum absolute atomic E-state index is 13.1. The van der Waals surface area contributed by atoms with Gasteiger partial charge in [-0.05, 0) is 38.0 Å². The fourth-order valence-corrected chi connectivity index (χ4v) is 5.06. The first kappa shape index (κ1) is 40.9. The van der Waals surface area contributed by atoms with Crippen LogP contribution >= 0.6 is 11.3 Å². The van der Waals surface area contributed by atoms with Gasteiger partial charge in [-0.25, -0.2) is 4.98 Å². The lowest BCUT2D eigenvalue weighted by atomic mass is 9.98. The van der Waals surface area contributed by atoms with Crippen LogP contribution < -0.4 is 27.0 Å². The van der Waals surface area contributed by atoms with Gasteiger partial charge in [-0.3, -0.25) is 43.2 Å². The molecule has 2 aromatic rings. The van der Waals surface area contributed by atoms with Crippen LogP contribution in [0.5, 0.6) is 5.75 Å². The van der Waals surface area contributed by atoms with Crippen LogP contribution in [0.2, 0.25) is 0 Å². The molecule has 1 heterocycles. The van der Waals surface area contributed by atoms with Crippen molar-refractivity contribution in [2.24, 2.45) is 5.73 Å². The summed E-state index contributed by atoms with van der Waals surface area (Å²) >= 11 is 1.08. The number of nitrogens with two attached hydrogens (primary N) is 1. The van der Waals surface area contributed by atoms with Gasteiger partial charge in [0.1, 0.15) is 5.75 Å². The molecule has 270 valence electrons. The van der Waals surface area contributed by atoms with Crippen molar-refractivity contribution in [2.75, 3.05) is 11.9 Å². The number of aromatic nitrogens is 1. The predicted molar refractivity (Wildman–Crippen MR) is 181 cm³/mol.